The third-order valence-corrected chi connectivity index (χ3v) is 6.06. The fourth-order valence-corrected chi connectivity index (χ4v) is 4.50. The Balaban J connectivity index is 1.69. The molecule has 0 radical (unpaired) electrons. The zero-order valence-electron chi connectivity index (χ0n) is 11.8. The Labute approximate surface area is 133 Å². The van der Waals surface area contributed by atoms with Crippen LogP contribution in [0.1, 0.15) is 39.5 Å². The molecular weight excluding hydrogens is 310 g/mol. The number of carbonyl (C=O) groups excluding carboxylic acids is 1. The van der Waals surface area contributed by atoms with Crippen molar-refractivity contribution in [2.45, 2.75) is 49.9 Å². The Morgan fingerprint density at radius 2 is 2.20 bits per heavy atom. The molecule has 2 rings (SSSR count). The molecule has 1 amide bonds. The number of carbonyl (C=O) groups is 1. The summed E-state index contributed by atoms with van der Waals surface area (Å²) in [6, 6.07) is 0.357. The monoisotopic (exact) mass is 331 g/mol. The summed E-state index contributed by atoms with van der Waals surface area (Å²) in [5.41, 5.74) is 0. The predicted molar refractivity (Wildman–Crippen MR) is 86.7 cm³/mol. The summed E-state index contributed by atoms with van der Waals surface area (Å²) in [6.45, 7) is 4.58. The van der Waals surface area contributed by atoms with Gasteiger partial charge in [0.05, 0.1) is 5.75 Å². The first-order chi connectivity index (χ1) is 9.54. The molecule has 20 heavy (non-hydrogen) atoms. The summed E-state index contributed by atoms with van der Waals surface area (Å²) in [4.78, 5) is 11.9. The topological polar surface area (TPSA) is 57.8 Å². The second-order valence-corrected chi connectivity index (χ2v) is 8.48. The number of hydrogen-bond acceptors (Lipinski definition) is 5. The second kappa shape index (κ2) is 7.56. The molecule has 0 unspecified atom stereocenters. The standard InChI is InChI=1S/C13H21N3OS3/c1-8(2)9-3-5-10(6-4-9)14-11(17)7-19-13-16-15-12(18)20-13/h8-10H,3-7H2,1-2H3,(H,14,17)(H,15,18). The lowest BCUT2D eigenvalue weighted by Gasteiger charge is -2.31. The summed E-state index contributed by atoms with van der Waals surface area (Å²) in [6.07, 6.45) is 4.69. The van der Waals surface area contributed by atoms with Gasteiger partial charge in [-0.2, -0.15) is 5.10 Å². The van der Waals surface area contributed by atoms with Gasteiger partial charge in [-0.3, -0.25) is 9.89 Å². The lowest BCUT2D eigenvalue weighted by molar-refractivity contribution is -0.119. The number of H-pyrrole nitrogens is 1. The van der Waals surface area contributed by atoms with Crippen molar-refractivity contribution in [3.05, 3.63) is 3.95 Å². The highest BCUT2D eigenvalue weighted by Gasteiger charge is 2.24. The maximum Gasteiger partial charge on any atom is 0.230 e. The van der Waals surface area contributed by atoms with E-state index < -0.39 is 0 Å². The van der Waals surface area contributed by atoms with Crippen LogP contribution in [0.2, 0.25) is 0 Å². The van der Waals surface area contributed by atoms with Gasteiger partial charge < -0.3 is 5.32 Å². The fraction of sp³-hybridized carbons (Fsp3) is 0.769. The van der Waals surface area contributed by atoms with Gasteiger partial charge in [-0.05, 0) is 49.7 Å². The van der Waals surface area contributed by atoms with Gasteiger partial charge in [0.25, 0.3) is 0 Å². The van der Waals surface area contributed by atoms with Crippen LogP contribution in [0.4, 0.5) is 0 Å². The molecule has 2 N–H and O–H groups in total. The molecule has 0 spiro atoms. The van der Waals surface area contributed by atoms with E-state index in [2.05, 4.69) is 29.4 Å². The third kappa shape index (κ3) is 4.86. The first kappa shape index (κ1) is 16.0. The maximum atomic E-state index is 11.9. The highest BCUT2D eigenvalue weighted by atomic mass is 32.2. The van der Waals surface area contributed by atoms with E-state index in [-0.39, 0.29) is 5.91 Å². The van der Waals surface area contributed by atoms with Crippen LogP contribution in [0.5, 0.6) is 0 Å². The van der Waals surface area contributed by atoms with Crippen LogP contribution in [-0.4, -0.2) is 27.9 Å². The first-order valence-corrected chi connectivity index (χ1v) is 9.23. The van der Waals surface area contributed by atoms with Crippen molar-refractivity contribution in [3.8, 4) is 0 Å². The summed E-state index contributed by atoms with van der Waals surface area (Å²) in [7, 11) is 0. The summed E-state index contributed by atoms with van der Waals surface area (Å²) < 4.78 is 1.48. The Bertz CT molecular complexity index is 489. The average Bonchev–Trinajstić information content (AvgIpc) is 2.83. The number of nitrogens with one attached hydrogen (secondary N) is 2. The molecule has 1 saturated carbocycles. The molecule has 0 atom stereocenters. The van der Waals surface area contributed by atoms with Gasteiger partial charge in [-0.15, -0.1) is 0 Å². The van der Waals surface area contributed by atoms with Gasteiger partial charge >= 0.3 is 0 Å². The van der Waals surface area contributed by atoms with E-state index >= 15 is 0 Å². The Morgan fingerprint density at radius 3 is 2.75 bits per heavy atom. The number of aromatic amines is 1. The van der Waals surface area contributed by atoms with Gasteiger partial charge in [0, 0.05) is 6.04 Å². The van der Waals surface area contributed by atoms with Gasteiger partial charge in [-0.25, -0.2) is 0 Å². The number of nitrogens with zero attached hydrogens (tertiary/aromatic N) is 1. The van der Waals surface area contributed by atoms with Crippen molar-refractivity contribution >= 4 is 41.2 Å². The minimum atomic E-state index is 0.101. The third-order valence-electron chi connectivity index (χ3n) is 3.82. The molecule has 1 aliphatic carbocycles. The normalized spacial score (nSPS) is 22.9. The molecule has 0 bridgehead atoms. The van der Waals surface area contributed by atoms with Gasteiger partial charge in [0.2, 0.25) is 5.91 Å². The largest absolute Gasteiger partial charge is 0.353 e. The minimum absolute atomic E-state index is 0.101. The van der Waals surface area contributed by atoms with Crippen molar-refractivity contribution < 1.29 is 4.79 Å². The molecule has 112 valence electrons. The van der Waals surface area contributed by atoms with Crippen molar-refractivity contribution in [1.82, 2.24) is 15.5 Å². The van der Waals surface area contributed by atoms with E-state index in [4.69, 9.17) is 12.2 Å². The molecule has 0 aliphatic heterocycles. The minimum Gasteiger partial charge on any atom is -0.353 e. The molecular formula is C13H21N3OS3. The smallest absolute Gasteiger partial charge is 0.230 e. The quantitative estimate of drug-likeness (QED) is 0.639. The van der Waals surface area contributed by atoms with Crippen molar-refractivity contribution in [2.24, 2.45) is 11.8 Å². The Kier molecular flexibility index (Phi) is 6.04. The predicted octanol–water partition coefficient (Wildman–Crippen LogP) is 3.62. The zero-order chi connectivity index (χ0) is 14.5. The Morgan fingerprint density at radius 1 is 1.50 bits per heavy atom. The maximum absolute atomic E-state index is 11.9. The molecule has 1 aromatic heterocycles. The molecule has 1 heterocycles. The van der Waals surface area contributed by atoms with Crippen LogP contribution in [0.25, 0.3) is 0 Å². The van der Waals surface area contributed by atoms with Crippen molar-refractivity contribution in [3.63, 3.8) is 0 Å². The van der Waals surface area contributed by atoms with Gasteiger partial charge in [0.1, 0.15) is 0 Å². The van der Waals surface area contributed by atoms with Crippen LogP contribution in [0.15, 0.2) is 4.34 Å². The van der Waals surface area contributed by atoms with Crippen molar-refractivity contribution in [1.29, 1.82) is 0 Å². The number of hydrogen-bond donors (Lipinski definition) is 2. The van der Waals surface area contributed by atoms with E-state index in [1.54, 1.807) is 0 Å². The van der Waals surface area contributed by atoms with Crippen LogP contribution in [-0.2, 0) is 4.79 Å². The molecule has 1 aliphatic rings. The van der Waals surface area contributed by atoms with Crippen LogP contribution >= 0.6 is 35.3 Å². The van der Waals surface area contributed by atoms with E-state index in [0.717, 1.165) is 29.0 Å². The highest BCUT2D eigenvalue weighted by Crippen LogP contribution is 2.30. The lowest BCUT2D eigenvalue weighted by Crippen LogP contribution is -2.39. The van der Waals surface area contributed by atoms with Gasteiger partial charge in [-0.1, -0.05) is 36.9 Å². The van der Waals surface area contributed by atoms with E-state index in [9.17, 15) is 4.79 Å². The second-order valence-electron chi connectivity index (χ2n) is 5.59. The summed E-state index contributed by atoms with van der Waals surface area (Å²) >= 11 is 7.81. The molecule has 1 fully saturated rings. The fourth-order valence-electron chi connectivity index (χ4n) is 2.60. The summed E-state index contributed by atoms with van der Waals surface area (Å²) in [5, 5.41) is 9.89. The van der Waals surface area contributed by atoms with Crippen LogP contribution in [0, 0.1) is 15.8 Å². The van der Waals surface area contributed by atoms with Crippen molar-refractivity contribution in [2.75, 3.05) is 5.75 Å². The van der Waals surface area contributed by atoms with E-state index in [1.165, 1.54) is 35.9 Å². The SMILES string of the molecule is CC(C)C1CCC(NC(=O)CSc2n[nH]c(=S)s2)CC1. The number of aromatic nitrogens is 2. The summed E-state index contributed by atoms with van der Waals surface area (Å²) in [5.74, 6) is 2.11. The van der Waals surface area contributed by atoms with E-state index in [0.29, 0.717) is 15.7 Å². The highest BCUT2D eigenvalue weighted by molar-refractivity contribution is 8.01. The lowest BCUT2D eigenvalue weighted by atomic mass is 9.80. The van der Waals surface area contributed by atoms with E-state index in [1.807, 2.05) is 0 Å². The number of thioether (sulfide) groups is 1. The number of rotatable bonds is 5. The van der Waals surface area contributed by atoms with Crippen LogP contribution < -0.4 is 5.32 Å². The van der Waals surface area contributed by atoms with Gasteiger partial charge in [0.15, 0.2) is 8.29 Å². The molecule has 1 aromatic rings. The molecule has 0 saturated heterocycles. The first-order valence-electron chi connectivity index (χ1n) is 7.02. The van der Waals surface area contributed by atoms with Crippen LogP contribution in [0.3, 0.4) is 0 Å². The average molecular weight is 332 g/mol. The zero-order valence-corrected chi connectivity index (χ0v) is 14.3. The molecule has 4 nitrogen and oxygen atoms in total. The molecule has 0 aromatic carbocycles. The molecule has 7 heteroatoms. The Hall–Kier alpha value is -0.400. The number of amides is 1.